The lowest BCUT2D eigenvalue weighted by Gasteiger charge is -2.19. The standard InChI is InChI=1S/C13H18N4/c1-16(9-10-17-8-2-7-15-17)13-5-3-12(11-14)4-6-13/h2-8H,9-11,14H2,1H3. The normalized spacial score (nSPS) is 10.5. The van der Waals surface area contributed by atoms with Gasteiger partial charge in [0.05, 0.1) is 6.54 Å². The number of hydrogen-bond donors (Lipinski definition) is 1. The summed E-state index contributed by atoms with van der Waals surface area (Å²) in [5.74, 6) is 0. The van der Waals surface area contributed by atoms with Crippen LogP contribution in [0.25, 0.3) is 0 Å². The van der Waals surface area contributed by atoms with Crippen molar-refractivity contribution in [3.8, 4) is 0 Å². The molecule has 0 aliphatic carbocycles. The molecule has 0 saturated heterocycles. The van der Waals surface area contributed by atoms with Crippen molar-refractivity contribution < 1.29 is 0 Å². The lowest BCUT2D eigenvalue weighted by Crippen LogP contribution is -2.22. The Morgan fingerprint density at radius 3 is 2.65 bits per heavy atom. The number of likely N-dealkylation sites (N-methyl/N-ethyl adjacent to an activating group) is 1. The molecule has 4 heteroatoms. The predicted octanol–water partition coefficient (Wildman–Crippen LogP) is 1.48. The third-order valence-corrected chi connectivity index (χ3v) is 2.84. The summed E-state index contributed by atoms with van der Waals surface area (Å²) in [5, 5.41) is 4.18. The Balaban J connectivity index is 1.92. The molecule has 0 amide bonds. The second-order valence-corrected chi connectivity index (χ2v) is 4.06. The molecule has 2 aromatic rings. The van der Waals surface area contributed by atoms with Crippen LogP contribution in [0.2, 0.25) is 0 Å². The fourth-order valence-electron chi connectivity index (χ4n) is 1.70. The Bertz CT molecular complexity index is 433. The number of nitrogens with zero attached hydrogens (tertiary/aromatic N) is 3. The van der Waals surface area contributed by atoms with E-state index in [1.54, 1.807) is 6.20 Å². The van der Waals surface area contributed by atoms with Gasteiger partial charge in [0.1, 0.15) is 0 Å². The van der Waals surface area contributed by atoms with Crippen molar-refractivity contribution in [2.24, 2.45) is 5.73 Å². The zero-order valence-corrected chi connectivity index (χ0v) is 10.1. The van der Waals surface area contributed by atoms with E-state index < -0.39 is 0 Å². The molecule has 1 aromatic carbocycles. The zero-order valence-electron chi connectivity index (χ0n) is 10.1. The highest BCUT2D eigenvalue weighted by molar-refractivity contribution is 5.46. The number of hydrogen-bond acceptors (Lipinski definition) is 3. The maximum atomic E-state index is 5.57. The van der Waals surface area contributed by atoms with Gasteiger partial charge in [-0.15, -0.1) is 0 Å². The summed E-state index contributed by atoms with van der Waals surface area (Å²) in [4.78, 5) is 2.21. The van der Waals surface area contributed by atoms with Crippen LogP contribution in [0, 0.1) is 0 Å². The minimum absolute atomic E-state index is 0.595. The Hall–Kier alpha value is -1.81. The first kappa shape index (κ1) is 11.7. The molecule has 17 heavy (non-hydrogen) atoms. The van der Waals surface area contributed by atoms with Crippen LogP contribution in [0.4, 0.5) is 5.69 Å². The van der Waals surface area contributed by atoms with Gasteiger partial charge in [-0.2, -0.15) is 5.10 Å². The minimum Gasteiger partial charge on any atom is -0.373 e. The van der Waals surface area contributed by atoms with Crippen LogP contribution < -0.4 is 10.6 Å². The Morgan fingerprint density at radius 2 is 2.06 bits per heavy atom. The summed E-state index contributed by atoms with van der Waals surface area (Å²) in [6.07, 6.45) is 3.78. The molecule has 90 valence electrons. The summed E-state index contributed by atoms with van der Waals surface area (Å²) >= 11 is 0. The second kappa shape index (κ2) is 5.50. The molecule has 0 aliphatic heterocycles. The van der Waals surface area contributed by atoms with Crippen LogP contribution >= 0.6 is 0 Å². The quantitative estimate of drug-likeness (QED) is 0.846. The van der Waals surface area contributed by atoms with Gasteiger partial charge in [-0.3, -0.25) is 4.68 Å². The molecule has 0 aliphatic rings. The van der Waals surface area contributed by atoms with E-state index in [1.165, 1.54) is 5.69 Å². The van der Waals surface area contributed by atoms with Crippen LogP contribution in [0.15, 0.2) is 42.7 Å². The molecule has 0 bridgehead atoms. The van der Waals surface area contributed by atoms with Gasteiger partial charge in [0.15, 0.2) is 0 Å². The molecule has 4 nitrogen and oxygen atoms in total. The van der Waals surface area contributed by atoms with E-state index >= 15 is 0 Å². The highest BCUT2D eigenvalue weighted by Gasteiger charge is 2.01. The van der Waals surface area contributed by atoms with E-state index in [4.69, 9.17) is 5.73 Å². The van der Waals surface area contributed by atoms with E-state index in [-0.39, 0.29) is 0 Å². The summed E-state index contributed by atoms with van der Waals surface area (Å²) in [6.45, 7) is 2.42. The summed E-state index contributed by atoms with van der Waals surface area (Å²) in [7, 11) is 2.08. The number of benzene rings is 1. The molecule has 1 heterocycles. The van der Waals surface area contributed by atoms with Gasteiger partial charge in [0, 0.05) is 38.2 Å². The van der Waals surface area contributed by atoms with Gasteiger partial charge >= 0.3 is 0 Å². The molecule has 0 fully saturated rings. The van der Waals surface area contributed by atoms with Gasteiger partial charge < -0.3 is 10.6 Å². The van der Waals surface area contributed by atoms with Crippen LogP contribution in [0.1, 0.15) is 5.56 Å². The fourth-order valence-corrected chi connectivity index (χ4v) is 1.70. The van der Waals surface area contributed by atoms with Crippen molar-refractivity contribution in [2.75, 3.05) is 18.5 Å². The lowest BCUT2D eigenvalue weighted by atomic mass is 10.2. The smallest absolute Gasteiger partial charge is 0.0584 e. The molecular formula is C13H18N4. The van der Waals surface area contributed by atoms with Gasteiger partial charge in [0.2, 0.25) is 0 Å². The van der Waals surface area contributed by atoms with Crippen molar-refractivity contribution >= 4 is 5.69 Å². The summed E-state index contributed by atoms with van der Waals surface area (Å²) in [6, 6.07) is 10.3. The maximum Gasteiger partial charge on any atom is 0.0584 e. The van der Waals surface area contributed by atoms with Gasteiger partial charge in [-0.25, -0.2) is 0 Å². The number of rotatable bonds is 5. The van der Waals surface area contributed by atoms with Crippen molar-refractivity contribution in [3.05, 3.63) is 48.3 Å². The molecule has 0 radical (unpaired) electrons. The first-order valence-electron chi connectivity index (χ1n) is 5.77. The van der Waals surface area contributed by atoms with Crippen molar-refractivity contribution in [3.63, 3.8) is 0 Å². The Labute approximate surface area is 102 Å². The largest absolute Gasteiger partial charge is 0.373 e. The highest BCUT2D eigenvalue weighted by atomic mass is 15.3. The SMILES string of the molecule is CN(CCn1cccn1)c1ccc(CN)cc1. The predicted molar refractivity (Wildman–Crippen MR) is 69.8 cm³/mol. The first-order chi connectivity index (χ1) is 8.29. The maximum absolute atomic E-state index is 5.57. The number of anilines is 1. The molecule has 1 aromatic heterocycles. The molecular weight excluding hydrogens is 212 g/mol. The topological polar surface area (TPSA) is 47.1 Å². The average Bonchev–Trinajstić information content (AvgIpc) is 2.89. The Kier molecular flexibility index (Phi) is 3.77. The number of nitrogens with two attached hydrogens (primary N) is 1. The molecule has 0 atom stereocenters. The summed E-state index contributed by atoms with van der Waals surface area (Å²) < 4.78 is 1.94. The molecule has 2 rings (SSSR count). The van der Waals surface area contributed by atoms with E-state index in [1.807, 2.05) is 16.9 Å². The molecule has 0 saturated carbocycles. The monoisotopic (exact) mass is 230 g/mol. The van der Waals surface area contributed by atoms with Gasteiger partial charge in [-0.05, 0) is 23.8 Å². The van der Waals surface area contributed by atoms with Crippen molar-refractivity contribution in [1.29, 1.82) is 0 Å². The molecule has 2 N–H and O–H groups in total. The minimum atomic E-state index is 0.595. The molecule has 0 unspecified atom stereocenters. The van der Waals surface area contributed by atoms with Gasteiger partial charge in [-0.1, -0.05) is 12.1 Å². The third-order valence-electron chi connectivity index (χ3n) is 2.84. The van der Waals surface area contributed by atoms with Crippen LogP contribution in [0.5, 0.6) is 0 Å². The van der Waals surface area contributed by atoms with Crippen molar-refractivity contribution in [2.45, 2.75) is 13.1 Å². The second-order valence-electron chi connectivity index (χ2n) is 4.06. The van der Waals surface area contributed by atoms with E-state index in [2.05, 4.69) is 41.3 Å². The van der Waals surface area contributed by atoms with E-state index in [0.29, 0.717) is 6.54 Å². The first-order valence-corrected chi connectivity index (χ1v) is 5.77. The fraction of sp³-hybridized carbons (Fsp3) is 0.308. The zero-order chi connectivity index (χ0) is 12.1. The Morgan fingerprint density at radius 1 is 1.29 bits per heavy atom. The number of aromatic nitrogens is 2. The summed E-state index contributed by atoms with van der Waals surface area (Å²) in [5.41, 5.74) is 7.94. The highest BCUT2D eigenvalue weighted by Crippen LogP contribution is 2.13. The van der Waals surface area contributed by atoms with Crippen LogP contribution in [0.3, 0.4) is 0 Å². The lowest BCUT2D eigenvalue weighted by molar-refractivity contribution is 0.611. The van der Waals surface area contributed by atoms with E-state index in [0.717, 1.165) is 18.7 Å². The van der Waals surface area contributed by atoms with Gasteiger partial charge in [0.25, 0.3) is 0 Å². The molecule has 0 spiro atoms. The van der Waals surface area contributed by atoms with Crippen LogP contribution in [-0.4, -0.2) is 23.4 Å². The van der Waals surface area contributed by atoms with Crippen LogP contribution in [-0.2, 0) is 13.1 Å². The van der Waals surface area contributed by atoms with E-state index in [9.17, 15) is 0 Å². The third kappa shape index (κ3) is 3.07. The van der Waals surface area contributed by atoms with Crippen molar-refractivity contribution in [1.82, 2.24) is 9.78 Å². The average molecular weight is 230 g/mol.